The Morgan fingerprint density at radius 3 is 2.55 bits per heavy atom. The van der Waals surface area contributed by atoms with Crippen LogP contribution in [0.4, 0.5) is 10.1 Å². The van der Waals surface area contributed by atoms with E-state index in [0.29, 0.717) is 48.4 Å². The fourth-order valence-corrected chi connectivity index (χ4v) is 4.08. The van der Waals surface area contributed by atoms with E-state index in [1.807, 2.05) is 54.6 Å². The minimum absolute atomic E-state index is 0.217. The lowest BCUT2D eigenvalue weighted by Gasteiger charge is -2.24. The molecule has 1 aliphatic rings. The second kappa shape index (κ2) is 10.9. The third-order valence-corrected chi connectivity index (χ3v) is 5.99. The van der Waals surface area contributed by atoms with Gasteiger partial charge < -0.3 is 15.2 Å². The molecule has 0 radical (unpaired) electrons. The first-order valence-corrected chi connectivity index (χ1v) is 11.2. The van der Waals surface area contributed by atoms with Gasteiger partial charge in [-0.05, 0) is 48.4 Å². The molecule has 0 spiro atoms. The van der Waals surface area contributed by atoms with Crippen molar-refractivity contribution in [2.24, 2.45) is 11.8 Å². The summed E-state index contributed by atoms with van der Waals surface area (Å²) in [5, 5.41) is 0. The number of halogens is 1. The number of rotatable bonds is 9. The molecule has 2 unspecified atom stereocenters. The van der Waals surface area contributed by atoms with Crippen molar-refractivity contribution in [1.29, 1.82) is 0 Å². The lowest BCUT2D eigenvalue weighted by Crippen LogP contribution is -2.17. The topological polar surface area (TPSA) is 57.4 Å². The van der Waals surface area contributed by atoms with Crippen molar-refractivity contribution < 1.29 is 13.9 Å². The summed E-state index contributed by atoms with van der Waals surface area (Å²) in [6.07, 6.45) is 10.0. The van der Waals surface area contributed by atoms with Crippen LogP contribution >= 0.6 is 0 Å². The first-order valence-electron chi connectivity index (χ1n) is 11.2. The fourth-order valence-electron chi connectivity index (χ4n) is 4.08. The first-order chi connectivity index (χ1) is 16.1. The molecule has 0 saturated carbocycles. The zero-order valence-electron chi connectivity index (χ0n) is 18.8. The maximum Gasteiger partial charge on any atom is 0.214 e. The Hall–Kier alpha value is -3.44. The molecule has 2 N–H and O–H groups in total. The van der Waals surface area contributed by atoms with Crippen LogP contribution in [0.15, 0.2) is 85.0 Å². The Balaban J connectivity index is 1.45. The molecule has 33 heavy (non-hydrogen) atoms. The third kappa shape index (κ3) is 5.88. The first kappa shape index (κ1) is 22.7. The van der Waals surface area contributed by atoms with Crippen LogP contribution < -0.4 is 10.5 Å². The molecule has 0 aliphatic heterocycles. The number of para-hydroxylation sites is 1. The molecule has 0 bridgehead atoms. The van der Waals surface area contributed by atoms with Gasteiger partial charge in [0.2, 0.25) is 5.88 Å². The van der Waals surface area contributed by atoms with Crippen molar-refractivity contribution in [1.82, 2.24) is 4.98 Å². The SMILES string of the molecule is COCCC1C=CC=CC1Cc1ccc(-c2cccc(OCc3ccccc3N)n2)cc1F. The highest BCUT2D eigenvalue weighted by Crippen LogP contribution is 2.29. The zero-order chi connectivity index (χ0) is 23.0. The number of anilines is 1. The fraction of sp³-hybridized carbons (Fsp3) is 0.250. The molecule has 4 rings (SSSR count). The van der Waals surface area contributed by atoms with Crippen LogP contribution in [0.3, 0.4) is 0 Å². The number of ether oxygens (including phenoxy) is 2. The summed E-state index contributed by atoms with van der Waals surface area (Å²) in [4.78, 5) is 4.56. The molecule has 1 heterocycles. The van der Waals surface area contributed by atoms with Gasteiger partial charge >= 0.3 is 0 Å². The van der Waals surface area contributed by atoms with E-state index < -0.39 is 0 Å². The molecule has 0 amide bonds. The summed E-state index contributed by atoms with van der Waals surface area (Å²) >= 11 is 0. The molecular weight excluding hydrogens is 415 g/mol. The van der Waals surface area contributed by atoms with Crippen molar-refractivity contribution >= 4 is 5.69 Å². The lowest BCUT2D eigenvalue weighted by molar-refractivity contribution is 0.176. The van der Waals surface area contributed by atoms with Crippen LogP contribution in [0, 0.1) is 17.7 Å². The summed E-state index contributed by atoms with van der Waals surface area (Å²) in [5.41, 5.74) is 9.65. The molecule has 170 valence electrons. The quantitative estimate of drug-likeness (QED) is 0.412. The smallest absolute Gasteiger partial charge is 0.214 e. The number of pyridine rings is 1. The van der Waals surface area contributed by atoms with Crippen LogP contribution in [0.2, 0.25) is 0 Å². The van der Waals surface area contributed by atoms with E-state index in [1.165, 1.54) is 0 Å². The molecule has 4 nitrogen and oxygen atoms in total. The van der Waals surface area contributed by atoms with E-state index in [0.717, 1.165) is 17.5 Å². The number of allylic oxidation sites excluding steroid dienone is 4. The van der Waals surface area contributed by atoms with Gasteiger partial charge in [-0.25, -0.2) is 9.37 Å². The van der Waals surface area contributed by atoms with E-state index >= 15 is 4.39 Å². The van der Waals surface area contributed by atoms with Gasteiger partial charge in [-0.1, -0.05) is 60.7 Å². The second-order valence-electron chi connectivity index (χ2n) is 8.24. The summed E-state index contributed by atoms with van der Waals surface area (Å²) in [6.45, 7) is 1.02. The predicted octanol–water partition coefficient (Wildman–Crippen LogP) is 5.99. The monoisotopic (exact) mass is 444 g/mol. The van der Waals surface area contributed by atoms with Gasteiger partial charge in [-0.2, -0.15) is 0 Å². The highest BCUT2D eigenvalue weighted by atomic mass is 19.1. The summed E-state index contributed by atoms with van der Waals surface area (Å²) in [7, 11) is 1.71. The Morgan fingerprint density at radius 1 is 0.939 bits per heavy atom. The predicted molar refractivity (Wildman–Crippen MR) is 130 cm³/mol. The zero-order valence-corrected chi connectivity index (χ0v) is 18.8. The largest absolute Gasteiger partial charge is 0.473 e. The highest BCUT2D eigenvalue weighted by Gasteiger charge is 2.20. The Bertz CT molecular complexity index is 1140. The Labute approximate surface area is 194 Å². The minimum atomic E-state index is -0.217. The molecule has 0 fully saturated rings. The maximum absolute atomic E-state index is 15.0. The second-order valence-corrected chi connectivity index (χ2v) is 8.24. The van der Waals surface area contributed by atoms with Gasteiger partial charge in [0, 0.05) is 36.6 Å². The molecule has 2 atom stereocenters. The summed E-state index contributed by atoms with van der Waals surface area (Å²) in [5.74, 6) is 0.862. The minimum Gasteiger partial charge on any atom is -0.473 e. The molecular formula is C28H29FN2O2. The number of hydrogen-bond donors (Lipinski definition) is 1. The lowest BCUT2D eigenvalue weighted by atomic mass is 9.82. The van der Waals surface area contributed by atoms with Crippen molar-refractivity contribution in [3.63, 3.8) is 0 Å². The molecule has 2 aromatic carbocycles. The Morgan fingerprint density at radius 2 is 1.76 bits per heavy atom. The number of hydrogen-bond acceptors (Lipinski definition) is 4. The summed E-state index contributed by atoms with van der Waals surface area (Å²) < 4.78 is 26.1. The van der Waals surface area contributed by atoms with Gasteiger partial charge in [0.05, 0.1) is 5.69 Å². The van der Waals surface area contributed by atoms with Crippen LogP contribution in [0.5, 0.6) is 5.88 Å². The number of nitrogens with two attached hydrogens (primary N) is 1. The number of methoxy groups -OCH3 is 1. The third-order valence-electron chi connectivity index (χ3n) is 5.99. The van der Waals surface area contributed by atoms with E-state index in [1.54, 1.807) is 19.2 Å². The van der Waals surface area contributed by atoms with Crippen LogP contribution in [-0.4, -0.2) is 18.7 Å². The Kier molecular flexibility index (Phi) is 7.53. The number of benzene rings is 2. The van der Waals surface area contributed by atoms with Crippen LogP contribution in [-0.2, 0) is 17.8 Å². The summed E-state index contributed by atoms with van der Waals surface area (Å²) in [6, 6.07) is 18.4. The highest BCUT2D eigenvalue weighted by molar-refractivity contribution is 5.60. The number of nitrogen functional groups attached to an aromatic ring is 1. The van der Waals surface area contributed by atoms with Gasteiger partial charge in [0.15, 0.2) is 0 Å². The van der Waals surface area contributed by atoms with E-state index in [2.05, 4.69) is 23.2 Å². The van der Waals surface area contributed by atoms with Gasteiger partial charge in [-0.3, -0.25) is 0 Å². The van der Waals surface area contributed by atoms with Gasteiger partial charge in [-0.15, -0.1) is 0 Å². The van der Waals surface area contributed by atoms with Crippen LogP contribution in [0.1, 0.15) is 17.5 Å². The normalized spacial score (nSPS) is 17.3. The van der Waals surface area contributed by atoms with E-state index in [9.17, 15) is 0 Å². The van der Waals surface area contributed by atoms with Crippen LogP contribution in [0.25, 0.3) is 11.3 Å². The standard InChI is InChI=1S/C28H29FN2O2/c1-32-16-15-20-7-2-3-8-21(20)17-22-13-14-23(18-25(22)29)27-11-6-12-28(31-27)33-19-24-9-4-5-10-26(24)30/h2-14,18,20-21H,15-17,19,30H2,1H3. The molecule has 0 saturated heterocycles. The molecule has 1 aliphatic carbocycles. The van der Waals surface area contributed by atoms with E-state index in [-0.39, 0.29) is 11.7 Å². The van der Waals surface area contributed by atoms with Crippen molar-refractivity contribution in [3.8, 4) is 17.1 Å². The average molecular weight is 445 g/mol. The maximum atomic E-state index is 15.0. The molecule has 3 aromatic rings. The molecule has 1 aromatic heterocycles. The number of aromatic nitrogens is 1. The van der Waals surface area contributed by atoms with E-state index in [4.69, 9.17) is 15.2 Å². The van der Waals surface area contributed by atoms with Crippen molar-refractivity contribution in [2.75, 3.05) is 19.5 Å². The van der Waals surface area contributed by atoms with Crippen molar-refractivity contribution in [3.05, 3.63) is 102 Å². The number of nitrogens with zero attached hydrogens (tertiary/aromatic N) is 1. The van der Waals surface area contributed by atoms with Gasteiger partial charge in [0.25, 0.3) is 0 Å². The average Bonchev–Trinajstić information content (AvgIpc) is 2.84. The van der Waals surface area contributed by atoms with Crippen molar-refractivity contribution in [2.45, 2.75) is 19.4 Å². The van der Waals surface area contributed by atoms with Gasteiger partial charge in [0.1, 0.15) is 12.4 Å². The molecule has 5 heteroatoms.